The van der Waals surface area contributed by atoms with Gasteiger partial charge in [0.15, 0.2) is 12.5 Å². The van der Waals surface area contributed by atoms with E-state index in [2.05, 4.69) is 111 Å². The molecule has 1 aromatic rings. The molecule has 0 aliphatic heterocycles. The van der Waals surface area contributed by atoms with Crippen molar-refractivity contribution in [1.82, 2.24) is 41.6 Å². The summed E-state index contributed by atoms with van der Waals surface area (Å²) in [6.07, 6.45) is 2.77. The number of hydrogen-bond acceptors (Lipinski definition) is 17. The first kappa shape index (κ1) is 58.3. The molecule has 0 unspecified atom stereocenters. The van der Waals surface area contributed by atoms with Crippen LogP contribution >= 0.6 is 23.5 Å². The molecule has 5 N–H and O–H groups in total. The highest BCUT2D eigenvalue weighted by Gasteiger charge is 2.17. The molecule has 0 radical (unpaired) electrons. The molecule has 1 heterocycles. The number of ether oxygens (including phenoxy) is 6. The summed E-state index contributed by atoms with van der Waals surface area (Å²) < 4.78 is 35.0. The Bertz CT molecular complexity index is 1490. The molecule has 22 heteroatoms. The Labute approximate surface area is 388 Å². The second kappa shape index (κ2) is 33.8. The number of carbonyl (C=O) groups excluding carboxylic acids is 4. The molecule has 0 aromatic carbocycles. The monoisotopic (exact) mass is 948 g/mol. The molecule has 0 spiro atoms. The number of thioether (sulfide) groups is 2. The third-order valence-electron chi connectivity index (χ3n) is 7.77. The van der Waals surface area contributed by atoms with Crippen LogP contribution in [0.15, 0.2) is 23.8 Å². The van der Waals surface area contributed by atoms with Gasteiger partial charge in [0.25, 0.3) is 5.91 Å². The van der Waals surface area contributed by atoms with Gasteiger partial charge >= 0.3 is 0 Å². The number of rotatable bonds is 37. The van der Waals surface area contributed by atoms with Crippen LogP contribution in [-0.2, 0) is 65.6 Å². The summed E-state index contributed by atoms with van der Waals surface area (Å²) in [5.74, 6) is -0.500. The van der Waals surface area contributed by atoms with E-state index in [1.54, 1.807) is 34.4 Å². The van der Waals surface area contributed by atoms with Gasteiger partial charge in [0.1, 0.15) is 12.3 Å². The zero-order valence-corrected chi connectivity index (χ0v) is 41.4. The summed E-state index contributed by atoms with van der Waals surface area (Å²) in [6, 6.07) is 0. The van der Waals surface area contributed by atoms with E-state index in [1.807, 2.05) is 0 Å². The third-order valence-corrected chi connectivity index (χ3v) is 10.5. The van der Waals surface area contributed by atoms with Crippen molar-refractivity contribution in [3.05, 3.63) is 24.4 Å². The van der Waals surface area contributed by atoms with E-state index in [0.29, 0.717) is 89.8 Å². The summed E-state index contributed by atoms with van der Waals surface area (Å²) in [7, 11) is 0. The van der Waals surface area contributed by atoms with Crippen molar-refractivity contribution in [3.8, 4) is 0 Å². The minimum Gasteiger partial charge on any atom is -0.473 e. The SMILES string of the molecule is C=C(NCCNC(=O)CNC(=O)CNC(=O)CNC(=O)CON=C(CSC(C)(C)C)CSC(C)(C)C)OCc1cn(CCOCCOCCOCCOCCOCCC(C)(C)C)nn1. The highest BCUT2D eigenvalue weighted by molar-refractivity contribution is 8.02. The molecule has 0 atom stereocenters. The third kappa shape index (κ3) is 37.7. The normalized spacial score (nSPS) is 11.7. The summed E-state index contributed by atoms with van der Waals surface area (Å²) >= 11 is 3.47. The lowest BCUT2D eigenvalue weighted by atomic mass is 9.93. The van der Waals surface area contributed by atoms with Gasteiger partial charge in [-0.15, -0.1) is 28.6 Å². The van der Waals surface area contributed by atoms with E-state index < -0.39 is 23.6 Å². The van der Waals surface area contributed by atoms with Crippen molar-refractivity contribution in [3.63, 3.8) is 0 Å². The van der Waals surface area contributed by atoms with Crippen LogP contribution in [0, 0.1) is 5.41 Å². The first-order valence-electron chi connectivity index (χ1n) is 21.6. The Hall–Kier alpha value is -3.67. The van der Waals surface area contributed by atoms with Crippen LogP contribution in [0.25, 0.3) is 0 Å². The van der Waals surface area contributed by atoms with Gasteiger partial charge in [-0.25, -0.2) is 4.68 Å². The lowest BCUT2D eigenvalue weighted by molar-refractivity contribution is -0.130. The second-order valence-electron chi connectivity index (χ2n) is 17.4. The molecule has 0 aliphatic carbocycles. The van der Waals surface area contributed by atoms with E-state index in [4.69, 9.17) is 33.3 Å². The van der Waals surface area contributed by atoms with Crippen molar-refractivity contribution in [2.24, 2.45) is 10.6 Å². The molecule has 1 aromatic heterocycles. The van der Waals surface area contributed by atoms with Crippen molar-refractivity contribution < 1.29 is 52.4 Å². The van der Waals surface area contributed by atoms with Crippen LogP contribution in [0.2, 0.25) is 0 Å². The fourth-order valence-electron chi connectivity index (χ4n) is 4.30. The average Bonchev–Trinajstić information content (AvgIpc) is 3.67. The molecule has 1 rings (SSSR count). The maximum absolute atomic E-state index is 12.2. The van der Waals surface area contributed by atoms with Crippen molar-refractivity contribution >= 4 is 52.9 Å². The molecule has 0 fully saturated rings. The van der Waals surface area contributed by atoms with Crippen LogP contribution in [-0.4, -0.2) is 171 Å². The molecular formula is C42H77N9O11S2. The minimum atomic E-state index is -0.582. The predicted octanol–water partition coefficient (Wildman–Crippen LogP) is 2.28. The molecule has 4 amide bonds. The zero-order valence-electron chi connectivity index (χ0n) is 39.7. The number of amides is 4. The molecule has 0 bridgehead atoms. The summed E-state index contributed by atoms with van der Waals surface area (Å²) in [6.45, 7) is 28.1. The number of aromatic nitrogens is 3. The Morgan fingerprint density at radius 1 is 0.641 bits per heavy atom. The van der Waals surface area contributed by atoms with Gasteiger partial charge < -0.3 is 59.8 Å². The largest absolute Gasteiger partial charge is 0.473 e. The Kier molecular flexibility index (Phi) is 30.8. The first-order valence-corrected chi connectivity index (χ1v) is 23.5. The highest BCUT2D eigenvalue weighted by atomic mass is 32.2. The molecule has 64 heavy (non-hydrogen) atoms. The van der Waals surface area contributed by atoms with E-state index >= 15 is 0 Å². The fourth-order valence-corrected chi connectivity index (χ4v) is 5.94. The summed E-state index contributed by atoms with van der Waals surface area (Å²) in [5.41, 5.74) is 1.70. The average molecular weight is 948 g/mol. The number of oxime groups is 1. The number of hydrogen-bond donors (Lipinski definition) is 5. The van der Waals surface area contributed by atoms with Crippen molar-refractivity contribution in [2.75, 3.05) is 117 Å². The van der Waals surface area contributed by atoms with Gasteiger partial charge in [-0.3, -0.25) is 19.2 Å². The number of carbonyl (C=O) groups is 4. The van der Waals surface area contributed by atoms with Gasteiger partial charge in [0, 0.05) is 40.7 Å². The predicted molar refractivity (Wildman–Crippen MR) is 250 cm³/mol. The highest BCUT2D eigenvalue weighted by Crippen LogP contribution is 2.27. The lowest BCUT2D eigenvalue weighted by Gasteiger charge is -2.20. The molecule has 0 saturated heterocycles. The van der Waals surface area contributed by atoms with Crippen LogP contribution in [0.4, 0.5) is 0 Å². The number of nitrogens with one attached hydrogen (secondary N) is 5. The second-order valence-corrected chi connectivity index (χ2v) is 21.0. The van der Waals surface area contributed by atoms with Crippen molar-refractivity contribution in [2.45, 2.75) is 91.4 Å². The summed E-state index contributed by atoms with van der Waals surface area (Å²) in [5, 5.41) is 25.1. The quantitative estimate of drug-likeness (QED) is 0.0279. The van der Waals surface area contributed by atoms with Crippen LogP contribution < -0.4 is 26.6 Å². The smallest absolute Gasteiger partial charge is 0.261 e. The van der Waals surface area contributed by atoms with Crippen molar-refractivity contribution in [1.29, 1.82) is 0 Å². The van der Waals surface area contributed by atoms with Crippen LogP contribution in [0.5, 0.6) is 0 Å². The topological polar surface area (TPSA) is 236 Å². The number of nitrogens with zero attached hydrogens (tertiary/aromatic N) is 4. The Balaban J connectivity index is 2.05. The molecule has 0 aliphatic rings. The first-order chi connectivity index (χ1) is 30.2. The zero-order chi connectivity index (χ0) is 47.7. The van der Waals surface area contributed by atoms with Gasteiger partial charge in [0.2, 0.25) is 17.7 Å². The van der Waals surface area contributed by atoms with Gasteiger partial charge in [0.05, 0.1) is 97.5 Å². The van der Waals surface area contributed by atoms with Crippen LogP contribution in [0.1, 0.15) is 74.4 Å². The maximum atomic E-state index is 12.2. The van der Waals surface area contributed by atoms with Gasteiger partial charge in [-0.1, -0.05) is 72.7 Å². The molecule has 368 valence electrons. The standard InChI is InChI=1S/C42H77N9O11S2/c1-33(61-29-34-28-51(50-48-34)14-16-57-18-20-59-22-24-60-23-21-58-19-17-56-15-11-40(2,3)4)43-12-13-44-36(52)25-45-37(53)26-46-38(54)27-47-39(55)30-62-49-35(31-63-41(5,6)7)32-64-42(8,9)10/h28,43H,1,11-27,29-32H2,2-10H3,(H,44,52)(H,45,53)(H,46,54)(H,47,55). The Morgan fingerprint density at radius 3 is 1.59 bits per heavy atom. The van der Waals surface area contributed by atoms with Gasteiger partial charge in [-0.2, -0.15) is 0 Å². The summed E-state index contributed by atoms with van der Waals surface area (Å²) in [4.78, 5) is 53.8. The molecule has 20 nitrogen and oxygen atoms in total. The van der Waals surface area contributed by atoms with Gasteiger partial charge in [-0.05, 0) is 18.4 Å². The van der Waals surface area contributed by atoms with Crippen LogP contribution in [0.3, 0.4) is 0 Å². The fraction of sp³-hybridized carbons (Fsp3) is 0.786. The Morgan fingerprint density at radius 2 is 1.09 bits per heavy atom. The maximum Gasteiger partial charge on any atom is 0.261 e. The lowest BCUT2D eigenvalue weighted by Crippen LogP contribution is -2.45. The molecular weight excluding hydrogens is 871 g/mol. The van der Waals surface area contributed by atoms with E-state index in [0.717, 1.165) is 18.7 Å². The van der Waals surface area contributed by atoms with E-state index in [1.165, 1.54) is 0 Å². The molecule has 0 saturated carbocycles. The van der Waals surface area contributed by atoms with E-state index in [9.17, 15) is 19.2 Å². The van der Waals surface area contributed by atoms with E-state index in [-0.39, 0.29) is 60.2 Å². The minimum absolute atomic E-state index is 0.0493.